The standard InChI is InChI=1S/C24H31N5O2/c30-23(11-10-19-7-3-1-4-8-19)28-17-13-20(14-18-28)24(31)25-15-12-22-27-26-21-9-5-2-6-16-29(21)22/h1,3-4,7-8,10-11,20H,2,5-6,9,12-18H2,(H,25,31)/b11-10+. The van der Waals surface area contributed by atoms with Gasteiger partial charge in [0.1, 0.15) is 11.6 Å². The van der Waals surface area contributed by atoms with Crippen molar-refractivity contribution in [2.45, 2.75) is 51.5 Å². The monoisotopic (exact) mass is 421 g/mol. The highest BCUT2D eigenvalue weighted by atomic mass is 16.2. The minimum Gasteiger partial charge on any atom is -0.355 e. The number of amides is 2. The molecule has 1 fully saturated rings. The number of hydrogen-bond acceptors (Lipinski definition) is 4. The zero-order valence-corrected chi connectivity index (χ0v) is 18.0. The largest absolute Gasteiger partial charge is 0.355 e. The lowest BCUT2D eigenvalue weighted by molar-refractivity contribution is -0.132. The second-order valence-electron chi connectivity index (χ2n) is 8.38. The van der Waals surface area contributed by atoms with Crippen LogP contribution in [0.1, 0.15) is 49.3 Å². The van der Waals surface area contributed by atoms with E-state index >= 15 is 0 Å². The molecule has 7 heteroatoms. The van der Waals surface area contributed by atoms with Gasteiger partial charge in [-0.05, 0) is 37.3 Å². The Balaban J connectivity index is 1.19. The molecule has 0 spiro atoms. The number of nitrogens with one attached hydrogen (secondary N) is 1. The molecule has 7 nitrogen and oxygen atoms in total. The third kappa shape index (κ3) is 5.60. The molecular weight excluding hydrogens is 390 g/mol. The summed E-state index contributed by atoms with van der Waals surface area (Å²) >= 11 is 0. The molecule has 0 bridgehead atoms. The van der Waals surface area contributed by atoms with Gasteiger partial charge in [-0.3, -0.25) is 9.59 Å². The molecule has 164 valence electrons. The summed E-state index contributed by atoms with van der Waals surface area (Å²) in [7, 11) is 0. The Kier molecular flexibility index (Phi) is 7.12. The Morgan fingerprint density at radius 3 is 2.65 bits per heavy atom. The van der Waals surface area contributed by atoms with Crippen molar-refractivity contribution in [3.8, 4) is 0 Å². The van der Waals surface area contributed by atoms with Gasteiger partial charge in [0.2, 0.25) is 11.8 Å². The highest BCUT2D eigenvalue weighted by molar-refractivity contribution is 5.92. The maximum atomic E-state index is 12.6. The van der Waals surface area contributed by atoms with E-state index in [1.54, 1.807) is 6.08 Å². The molecule has 2 aliphatic rings. The van der Waals surface area contributed by atoms with Crippen LogP contribution in [-0.4, -0.2) is 51.1 Å². The molecule has 0 atom stereocenters. The summed E-state index contributed by atoms with van der Waals surface area (Å²) in [6.07, 6.45) is 10.2. The smallest absolute Gasteiger partial charge is 0.246 e. The fourth-order valence-corrected chi connectivity index (χ4v) is 4.37. The Hall–Kier alpha value is -2.96. The third-order valence-corrected chi connectivity index (χ3v) is 6.23. The Labute approximate surface area is 183 Å². The highest BCUT2D eigenvalue weighted by Gasteiger charge is 2.26. The van der Waals surface area contributed by atoms with Gasteiger partial charge in [-0.15, -0.1) is 10.2 Å². The van der Waals surface area contributed by atoms with Crippen LogP contribution in [0.15, 0.2) is 36.4 Å². The lowest BCUT2D eigenvalue weighted by atomic mass is 9.95. The molecule has 2 aromatic rings. The second kappa shape index (κ2) is 10.4. The number of rotatable bonds is 6. The van der Waals surface area contributed by atoms with Gasteiger partial charge in [0.15, 0.2) is 0 Å². The first-order chi connectivity index (χ1) is 15.2. The molecule has 1 aromatic carbocycles. The van der Waals surface area contributed by atoms with Crippen LogP contribution in [0, 0.1) is 5.92 Å². The molecule has 3 heterocycles. The highest BCUT2D eigenvalue weighted by Crippen LogP contribution is 2.18. The SMILES string of the molecule is O=C(NCCc1nnc2n1CCCCC2)C1CCN(C(=O)/C=C/c2ccccc2)CC1. The number of nitrogens with zero attached hydrogens (tertiary/aromatic N) is 4. The zero-order chi connectivity index (χ0) is 21.5. The topological polar surface area (TPSA) is 80.1 Å². The van der Waals surface area contributed by atoms with E-state index in [2.05, 4.69) is 20.1 Å². The molecule has 1 aromatic heterocycles. The Bertz CT molecular complexity index is 913. The number of hydrogen-bond donors (Lipinski definition) is 1. The van der Waals surface area contributed by atoms with Crippen molar-refractivity contribution in [1.29, 1.82) is 0 Å². The van der Waals surface area contributed by atoms with E-state index in [4.69, 9.17) is 0 Å². The second-order valence-corrected chi connectivity index (χ2v) is 8.38. The number of carbonyl (C=O) groups is 2. The van der Waals surface area contributed by atoms with Crippen LogP contribution in [0.5, 0.6) is 0 Å². The van der Waals surface area contributed by atoms with E-state index < -0.39 is 0 Å². The average molecular weight is 422 g/mol. The molecule has 1 N–H and O–H groups in total. The zero-order valence-electron chi connectivity index (χ0n) is 18.0. The van der Waals surface area contributed by atoms with Gasteiger partial charge in [-0.1, -0.05) is 36.8 Å². The van der Waals surface area contributed by atoms with E-state index in [0.29, 0.717) is 38.9 Å². The summed E-state index contributed by atoms with van der Waals surface area (Å²) in [5.41, 5.74) is 1.01. The van der Waals surface area contributed by atoms with Crippen molar-refractivity contribution < 1.29 is 9.59 Å². The quantitative estimate of drug-likeness (QED) is 0.727. The van der Waals surface area contributed by atoms with Crippen molar-refractivity contribution in [2.75, 3.05) is 19.6 Å². The van der Waals surface area contributed by atoms with Crippen LogP contribution in [0.3, 0.4) is 0 Å². The molecule has 0 radical (unpaired) electrons. The molecular formula is C24H31N5O2. The van der Waals surface area contributed by atoms with E-state index in [1.165, 1.54) is 19.3 Å². The molecule has 0 saturated carbocycles. The van der Waals surface area contributed by atoms with Crippen LogP contribution in [0.2, 0.25) is 0 Å². The van der Waals surface area contributed by atoms with Crippen LogP contribution in [0.4, 0.5) is 0 Å². The summed E-state index contributed by atoms with van der Waals surface area (Å²) in [5.74, 6) is 2.12. The summed E-state index contributed by atoms with van der Waals surface area (Å²) in [5, 5.41) is 11.7. The predicted octanol–water partition coefficient (Wildman–Crippen LogP) is 2.62. The first-order valence-corrected chi connectivity index (χ1v) is 11.4. The Morgan fingerprint density at radius 1 is 1.03 bits per heavy atom. The van der Waals surface area contributed by atoms with Gasteiger partial charge in [0, 0.05) is 51.0 Å². The Morgan fingerprint density at radius 2 is 1.84 bits per heavy atom. The van der Waals surface area contributed by atoms with Crippen molar-refractivity contribution in [3.05, 3.63) is 53.6 Å². The summed E-state index contributed by atoms with van der Waals surface area (Å²) < 4.78 is 2.23. The van der Waals surface area contributed by atoms with Crippen molar-refractivity contribution in [3.63, 3.8) is 0 Å². The molecule has 1 saturated heterocycles. The van der Waals surface area contributed by atoms with Crippen molar-refractivity contribution >= 4 is 17.9 Å². The summed E-state index contributed by atoms with van der Waals surface area (Å²) in [6, 6.07) is 9.80. The van der Waals surface area contributed by atoms with Gasteiger partial charge in [-0.2, -0.15) is 0 Å². The summed E-state index contributed by atoms with van der Waals surface area (Å²) in [6.45, 7) is 2.80. The van der Waals surface area contributed by atoms with Gasteiger partial charge >= 0.3 is 0 Å². The predicted molar refractivity (Wildman–Crippen MR) is 119 cm³/mol. The van der Waals surface area contributed by atoms with Crippen LogP contribution >= 0.6 is 0 Å². The normalized spacial score (nSPS) is 17.4. The first kappa shape index (κ1) is 21.3. The number of aryl methyl sites for hydroxylation is 1. The minimum absolute atomic E-state index is 0.00945. The van der Waals surface area contributed by atoms with Gasteiger partial charge in [0.05, 0.1) is 0 Å². The third-order valence-electron chi connectivity index (χ3n) is 6.23. The number of piperidine rings is 1. The van der Waals surface area contributed by atoms with Crippen molar-refractivity contribution in [1.82, 2.24) is 25.0 Å². The first-order valence-electron chi connectivity index (χ1n) is 11.4. The van der Waals surface area contributed by atoms with Gasteiger partial charge < -0.3 is 14.8 Å². The lowest BCUT2D eigenvalue weighted by Gasteiger charge is -2.30. The number of aromatic nitrogens is 3. The van der Waals surface area contributed by atoms with Crippen molar-refractivity contribution in [2.24, 2.45) is 5.92 Å². The number of likely N-dealkylation sites (tertiary alicyclic amines) is 1. The average Bonchev–Trinajstić information content (AvgIpc) is 3.03. The van der Waals surface area contributed by atoms with E-state index in [0.717, 1.165) is 30.2 Å². The molecule has 2 aliphatic heterocycles. The molecule has 0 unspecified atom stereocenters. The number of carbonyl (C=O) groups excluding carboxylic acids is 2. The summed E-state index contributed by atoms with van der Waals surface area (Å²) in [4.78, 5) is 26.8. The number of benzene rings is 1. The number of fused-ring (bicyclic) bond motifs is 1. The molecule has 0 aliphatic carbocycles. The fourth-order valence-electron chi connectivity index (χ4n) is 4.37. The fraction of sp³-hybridized carbons (Fsp3) is 0.500. The van der Waals surface area contributed by atoms with Gasteiger partial charge in [0.25, 0.3) is 0 Å². The van der Waals surface area contributed by atoms with Gasteiger partial charge in [-0.25, -0.2) is 0 Å². The molecule has 31 heavy (non-hydrogen) atoms. The van der Waals surface area contributed by atoms with Crippen LogP contribution in [0.25, 0.3) is 6.08 Å². The van der Waals surface area contributed by atoms with E-state index in [9.17, 15) is 9.59 Å². The lowest BCUT2D eigenvalue weighted by Crippen LogP contribution is -2.42. The molecule has 2 amide bonds. The minimum atomic E-state index is -0.0299. The maximum Gasteiger partial charge on any atom is 0.246 e. The molecule has 4 rings (SSSR count). The van der Waals surface area contributed by atoms with Crippen LogP contribution < -0.4 is 5.32 Å². The maximum absolute atomic E-state index is 12.6. The van der Waals surface area contributed by atoms with Crippen LogP contribution in [-0.2, 0) is 29.0 Å². The van der Waals surface area contributed by atoms with E-state index in [1.807, 2.05) is 41.3 Å². The van der Waals surface area contributed by atoms with E-state index in [-0.39, 0.29) is 17.7 Å².